The number of carbonyl (C=O) groups is 1. The van der Waals surface area contributed by atoms with Crippen molar-refractivity contribution in [2.24, 2.45) is 11.7 Å². The molecule has 0 aromatic carbocycles. The summed E-state index contributed by atoms with van der Waals surface area (Å²) in [6, 6.07) is 0. The van der Waals surface area contributed by atoms with Crippen molar-refractivity contribution in [1.82, 2.24) is 5.32 Å². The predicted molar refractivity (Wildman–Crippen MR) is 57.0 cm³/mol. The molecule has 1 unspecified atom stereocenters. The zero-order valence-corrected chi connectivity index (χ0v) is 9.21. The third-order valence-electron chi connectivity index (χ3n) is 2.18. The van der Waals surface area contributed by atoms with Crippen molar-refractivity contribution >= 4 is 5.91 Å². The van der Waals surface area contributed by atoms with Crippen molar-refractivity contribution in [3.63, 3.8) is 0 Å². The van der Waals surface area contributed by atoms with Crippen LogP contribution in [-0.4, -0.2) is 32.2 Å². The SMILES string of the molecule is CCOCC(=O)NCC(CC)CCN. The zero-order valence-electron chi connectivity index (χ0n) is 9.21. The van der Waals surface area contributed by atoms with Crippen LogP contribution in [0.1, 0.15) is 26.7 Å². The highest BCUT2D eigenvalue weighted by molar-refractivity contribution is 5.77. The maximum atomic E-state index is 11.2. The first-order valence-corrected chi connectivity index (χ1v) is 5.29. The average molecular weight is 202 g/mol. The number of ether oxygens (including phenoxy) is 1. The fourth-order valence-corrected chi connectivity index (χ4v) is 1.19. The molecule has 3 N–H and O–H groups in total. The van der Waals surface area contributed by atoms with E-state index < -0.39 is 0 Å². The second kappa shape index (κ2) is 8.97. The van der Waals surface area contributed by atoms with Gasteiger partial charge >= 0.3 is 0 Å². The summed E-state index contributed by atoms with van der Waals surface area (Å²) >= 11 is 0. The number of rotatable bonds is 8. The van der Waals surface area contributed by atoms with Gasteiger partial charge < -0.3 is 15.8 Å². The second-order valence-corrected chi connectivity index (χ2v) is 3.29. The van der Waals surface area contributed by atoms with E-state index in [0.29, 0.717) is 25.6 Å². The van der Waals surface area contributed by atoms with E-state index in [-0.39, 0.29) is 12.5 Å². The number of nitrogens with one attached hydrogen (secondary N) is 1. The minimum absolute atomic E-state index is 0.0395. The van der Waals surface area contributed by atoms with Crippen LogP contribution < -0.4 is 11.1 Å². The first-order chi connectivity index (χ1) is 6.74. The fourth-order valence-electron chi connectivity index (χ4n) is 1.19. The van der Waals surface area contributed by atoms with Crippen LogP contribution in [0.3, 0.4) is 0 Å². The van der Waals surface area contributed by atoms with Gasteiger partial charge in [-0.15, -0.1) is 0 Å². The number of amides is 1. The molecular weight excluding hydrogens is 180 g/mol. The van der Waals surface area contributed by atoms with Crippen LogP contribution in [0.2, 0.25) is 0 Å². The van der Waals surface area contributed by atoms with Crippen molar-refractivity contribution in [1.29, 1.82) is 0 Å². The minimum atomic E-state index is -0.0395. The third kappa shape index (κ3) is 6.86. The Morgan fingerprint density at radius 1 is 1.50 bits per heavy atom. The van der Waals surface area contributed by atoms with E-state index >= 15 is 0 Å². The Balaban J connectivity index is 3.52. The van der Waals surface area contributed by atoms with Gasteiger partial charge in [0.25, 0.3) is 0 Å². The summed E-state index contributed by atoms with van der Waals surface area (Å²) in [6.07, 6.45) is 2.01. The molecule has 0 bridgehead atoms. The molecule has 0 fully saturated rings. The Hall–Kier alpha value is -0.610. The normalized spacial score (nSPS) is 12.5. The molecule has 0 saturated carbocycles. The number of nitrogens with two attached hydrogens (primary N) is 1. The number of hydrogen-bond donors (Lipinski definition) is 2. The second-order valence-electron chi connectivity index (χ2n) is 3.29. The Morgan fingerprint density at radius 3 is 2.71 bits per heavy atom. The van der Waals surface area contributed by atoms with Crippen molar-refractivity contribution in [2.45, 2.75) is 26.7 Å². The monoisotopic (exact) mass is 202 g/mol. The molecule has 0 rings (SSSR count). The molecule has 0 aliphatic rings. The summed E-state index contributed by atoms with van der Waals surface area (Å²) < 4.78 is 4.98. The summed E-state index contributed by atoms with van der Waals surface area (Å²) in [5.41, 5.74) is 5.45. The zero-order chi connectivity index (χ0) is 10.8. The molecule has 0 aliphatic carbocycles. The third-order valence-corrected chi connectivity index (χ3v) is 2.18. The molecule has 0 aromatic rings. The van der Waals surface area contributed by atoms with Crippen LogP contribution in [0, 0.1) is 5.92 Å². The molecule has 1 amide bonds. The van der Waals surface area contributed by atoms with Crippen LogP contribution in [0.25, 0.3) is 0 Å². The average Bonchev–Trinajstić information content (AvgIpc) is 2.21. The van der Waals surface area contributed by atoms with Crippen LogP contribution in [0.4, 0.5) is 0 Å². The largest absolute Gasteiger partial charge is 0.372 e. The van der Waals surface area contributed by atoms with E-state index in [1.165, 1.54) is 0 Å². The molecule has 14 heavy (non-hydrogen) atoms. The minimum Gasteiger partial charge on any atom is -0.372 e. The van der Waals surface area contributed by atoms with Crippen LogP contribution in [0.15, 0.2) is 0 Å². The molecule has 0 spiro atoms. The van der Waals surface area contributed by atoms with Crippen molar-refractivity contribution in [3.8, 4) is 0 Å². The Morgan fingerprint density at radius 2 is 2.21 bits per heavy atom. The lowest BCUT2D eigenvalue weighted by Crippen LogP contribution is -2.32. The lowest BCUT2D eigenvalue weighted by atomic mass is 10.0. The molecule has 0 heterocycles. The predicted octanol–water partition coefficient (Wildman–Crippen LogP) is 0.514. The summed E-state index contributed by atoms with van der Waals surface area (Å²) in [4.78, 5) is 11.2. The van der Waals surface area contributed by atoms with Gasteiger partial charge in [0.1, 0.15) is 6.61 Å². The smallest absolute Gasteiger partial charge is 0.246 e. The fraction of sp³-hybridized carbons (Fsp3) is 0.900. The quantitative estimate of drug-likeness (QED) is 0.603. The van der Waals surface area contributed by atoms with Crippen LogP contribution in [-0.2, 0) is 9.53 Å². The molecule has 84 valence electrons. The highest BCUT2D eigenvalue weighted by atomic mass is 16.5. The van der Waals surface area contributed by atoms with Crippen LogP contribution in [0.5, 0.6) is 0 Å². The van der Waals surface area contributed by atoms with E-state index in [2.05, 4.69) is 12.2 Å². The Bertz CT molecular complexity index is 151. The van der Waals surface area contributed by atoms with E-state index in [4.69, 9.17) is 10.5 Å². The number of hydrogen-bond acceptors (Lipinski definition) is 3. The lowest BCUT2D eigenvalue weighted by molar-refractivity contribution is -0.125. The Labute approximate surface area is 86.2 Å². The van der Waals surface area contributed by atoms with Gasteiger partial charge in [0.2, 0.25) is 5.91 Å². The van der Waals surface area contributed by atoms with Gasteiger partial charge in [-0.2, -0.15) is 0 Å². The van der Waals surface area contributed by atoms with E-state index in [9.17, 15) is 4.79 Å². The van der Waals surface area contributed by atoms with Crippen molar-refractivity contribution in [3.05, 3.63) is 0 Å². The van der Waals surface area contributed by atoms with Gasteiger partial charge in [0.15, 0.2) is 0 Å². The molecule has 0 aliphatic heterocycles. The maximum absolute atomic E-state index is 11.2. The summed E-state index contributed by atoms with van der Waals surface area (Å²) in [5, 5.41) is 2.83. The van der Waals surface area contributed by atoms with E-state index in [1.807, 2.05) is 6.92 Å². The molecule has 0 saturated heterocycles. The van der Waals surface area contributed by atoms with Crippen molar-refractivity contribution < 1.29 is 9.53 Å². The van der Waals surface area contributed by atoms with Gasteiger partial charge in [-0.1, -0.05) is 13.3 Å². The van der Waals surface area contributed by atoms with E-state index in [0.717, 1.165) is 12.8 Å². The summed E-state index contributed by atoms with van der Waals surface area (Å²) in [6.45, 7) is 6.11. The van der Waals surface area contributed by atoms with Gasteiger partial charge in [0, 0.05) is 13.2 Å². The van der Waals surface area contributed by atoms with Gasteiger partial charge in [-0.3, -0.25) is 4.79 Å². The van der Waals surface area contributed by atoms with Gasteiger partial charge in [-0.05, 0) is 25.8 Å². The van der Waals surface area contributed by atoms with E-state index in [1.54, 1.807) is 0 Å². The van der Waals surface area contributed by atoms with Gasteiger partial charge in [0.05, 0.1) is 0 Å². The number of carbonyl (C=O) groups excluding carboxylic acids is 1. The first-order valence-electron chi connectivity index (χ1n) is 5.29. The molecule has 0 radical (unpaired) electrons. The van der Waals surface area contributed by atoms with Crippen LogP contribution >= 0.6 is 0 Å². The molecular formula is C10H22N2O2. The summed E-state index contributed by atoms with van der Waals surface area (Å²) in [5.74, 6) is 0.452. The highest BCUT2D eigenvalue weighted by Crippen LogP contribution is 2.04. The molecule has 1 atom stereocenters. The topological polar surface area (TPSA) is 64.3 Å². The lowest BCUT2D eigenvalue weighted by Gasteiger charge is -2.14. The van der Waals surface area contributed by atoms with Gasteiger partial charge in [-0.25, -0.2) is 0 Å². The molecule has 0 aromatic heterocycles. The highest BCUT2D eigenvalue weighted by Gasteiger charge is 2.07. The van der Waals surface area contributed by atoms with Crippen molar-refractivity contribution in [2.75, 3.05) is 26.3 Å². The molecule has 4 heteroatoms. The molecule has 4 nitrogen and oxygen atoms in total. The Kier molecular flexibility index (Phi) is 8.57. The maximum Gasteiger partial charge on any atom is 0.246 e. The standard InChI is InChI=1S/C10H22N2O2/c1-3-9(5-6-11)7-12-10(13)8-14-4-2/h9H,3-8,11H2,1-2H3,(H,12,13). The first kappa shape index (κ1) is 13.4. The summed E-state index contributed by atoms with van der Waals surface area (Å²) in [7, 11) is 0.